The van der Waals surface area contributed by atoms with Crippen molar-refractivity contribution in [3.05, 3.63) is 69.3 Å². The highest BCUT2D eigenvalue weighted by atomic mass is 35.5. The molecule has 2 aromatic carbocycles. The Bertz CT molecular complexity index is 1010. The van der Waals surface area contributed by atoms with E-state index in [4.69, 9.17) is 23.2 Å². The maximum Gasteiger partial charge on any atom is 0.237 e. The van der Waals surface area contributed by atoms with Gasteiger partial charge >= 0.3 is 0 Å². The molecular formula is C21H21Cl2N3O. The molecule has 0 bridgehead atoms. The van der Waals surface area contributed by atoms with E-state index in [0.29, 0.717) is 16.5 Å². The van der Waals surface area contributed by atoms with E-state index < -0.39 is 0 Å². The topological polar surface area (TPSA) is 56.9 Å². The number of rotatable bonds is 3. The SMILES string of the molecule is CC(C)NC(=O)[C@@H]1Cc2c([nH]c3ccccc23)[C@@H](c2ccc(Cl)cc2Cl)N1. The molecular weight excluding hydrogens is 381 g/mol. The van der Waals surface area contributed by atoms with Crippen LogP contribution in [0.5, 0.6) is 0 Å². The van der Waals surface area contributed by atoms with Crippen molar-refractivity contribution in [3.63, 3.8) is 0 Å². The Hall–Kier alpha value is -2.01. The maximum absolute atomic E-state index is 12.8. The van der Waals surface area contributed by atoms with Gasteiger partial charge in [0, 0.05) is 32.7 Å². The zero-order valence-corrected chi connectivity index (χ0v) is 16.7. The molecule has 1 amide bonds. The fourth-order valence-corrected chi connectivity index (χ4v) is 4.29. The Morgan fingerprint density at radius 3 is 2.70 bits per heavy atom. The van der Waals surface area contributed by atoms with Crippen LogP contribution in [0.4, 0.5) is 0 Å². The van der Waals surface area contributed by atoms with E-state index in [2.05, 4.69) is 27.8 Å². The van der Waals surface area contributed by atoms with E-state index in [0.717, 1.165) is 27.7 Å². The predicted molar refractivity (Wildman–Crippen MR) is 111 cm³/mol. The summed E-state index contributed by atoms with van der Waals surface area (Å²) in [5.74, 6) is -0.00369. The number of nitrogens with one attached hydrogen (secondary N) is 3. The third-order valence-corrected chi connectivity index (χ3v) is 5.49. The largest absolute Gasteiger partial charge is 0.357 e. The van der Waals surface area contributed by atoms with Crippen LogP contribution >= 0.6 is 23.2 Å². The average molecular weight is 402 g/mol. The quantitative estimate of drug-likeness (QED) is 0.600. The van der Waals surface area contributed by atoms with E-state index in [1.54, 1.807) is 6.07 Å². The van der Waals surface area contributed by atoms with Crippen LogP contribution in [-0.4, -0.2) is 23.0 Å². The number of amides is 1. The van der Waals surface area contributed by atoms with Gasteiger partial charge in [0.15, 0.2) is 0 Å². The minimum atomic E-state index is -0.337. The van der Waals surface area contributed by atoms with Crippen LogP contribution in [0.3, 0.4) is 0 Å². The predicted octanol–water partition coefficient (Wildman–Crippen LogP) is 4.60. The van der Waals surface area contributed by atoms with Crippen molar-refractivity contribution in [2.75, 3.05) is 0 Å². The molecule has 0 saturated heterocycles. The molecule has 3 aromatic rings. The summed E-state index contributed by atoms with van der Waals surface area (Å²) in [4.78, 5) is 16.3. The number of para-hydroxylation sites is 1. The van der Waals surface area contributed by atoms with Gasteiger partial charge < -0.3 is 10.3 Å². The fraction of sp³-hybridized carbons (Fsp3) is 0.286. The van der Waals surface area contributed by atoms with Crippen molar-refractivity contribution in [3.8, 4) is 0 Å². The maximum atomic E-state index is 12.8. The monoisotopic (exact) mass is 401 g/mol. The Morgan fingerprint density at radius 1 is 1.19 bits per heavy atom. The second-order valence-electron chi connectivity index (χ2n) is 7.25. The molecule has 1 aromatic heterocycles. The highest BCUT2D eigenvalue weighted by Gasteiger charge is 2.34. The van der Waals surface area contributed by atoms with Crippen LogP contribution < -0.4 is 10.6 Å². The van der Waals surface area contributed by atoms with Crippen LogP contribution in [0.25, 0.3) is 10.9 Å². The average Bonchev–Trinajstić information content (AvgIpc) is 2.99. The second kappa shape index (κ2) is 7.19. The van der Waals surface area contributed by atoms with Crippen molar-refractivity contribution < 1.29 is 4.79 Å². The standard InChI is InChI=1S/C21H21Cl2N3O/c1-11(2)24-21(27)18-10-15-13-5-3-4-6-17(13)25-20(15)19(26-18)14-8-7-12(22)9-16(14)23/h3-9,11,18-19,25-26H,10H2,1-2H3,(H,24,27)/t18-,19+/m0/s1. The molecule has 2 heterocycles. The molecule has 0 radical (unpaired) electrons. The molecule has 1 aliphatic heterocycles. The van der Waals surface area contributed by atoms with Gasteiger partial charge in [-0.05, 0) is 49.6 Å². The van der Waals surface area contributed by atoms with Gasteiger partial charge in [0.25, 0.3) is 0 Å². The van der Waals surface area contributed by atoms with Crippen LogP contribution in [0.15, 0.2) is 42.5 Å². The van der Waals surface area contributed by atoms with Crippen molar-refractivity contribution in [2.45, 2.75) is 38.4 Å². The second-order valence-corrected chi connectivity index (χ2v) is 8.09. The van der Waals surface area contributed by atoms with E-state index in [-0.39, 0.29) is 24.0 Å². The van der Waals surface area contributed by atoms with Gasteiger partial charge in [-0.15, -0.1) is 0 Å². The Morgan fingerprint density at radius 2 is 1.96 bits per heavy atom. The van der Waals surface area contributed by atoms with E-state index in [1.807, 2.05) is 38.1 Å². The number of halogens is 2. The normalized spacial score (nSPS) is 19.3. The van der Waals surface area contributed by atoms with Crippen LogP contribution in [0.1, 0.15) is 36.7 Å². The lowest BCUT2D eigenvalue weighted by Gasteiger charge is -2.32. The van der Waals surface area contributed by atoms with Crippen molar-refractivity contribution in [1.29, 1.82) is 0 Å². The molecule has 3 N–H and O–H groups in total. The van der Waals surface area contributed by atoms with E-state index >= 15 is 0 Å². The summed E-state index contributed by atoms with van der Waals surface area (Å²) in [5, 5.41) is 8.81. The first-order valence-electron chi connectivity index (χ1n) is 9.05. The van der Waals surface area contributed by atoms with E-state index in [9.17, 15) is 4.79 Å². The van der Waals surface area contributed by atoms with Gasteiger partial charge in [0.1, 0.15) is 0 Å². The van der Waals surface area contributed by atoms with Crippen LogP contribution in [0.2, 0.25) is 10.0 Å². The number of carbonyl (C=O) groups excluding carboxylic acids is 1. The minimum absolute atomic E-state index is 0.00369. The number of aromatic amines is 1. The number of carbonyl (C=O) groups is 1. The Balaban J connectivity index is 1.83. The smallest absolute Gasteiger partial charge is 0.237 e. The molecule has 0 unspecified atom stereocenters. The molecule has 0 spiro atoms. The number of hydrogen-bond acceptors (Lipinski definition) is 2. The summed E-state index contributed by atoms with van der Waals surface area (Å²) in [5.41, 5.74) is 4.17. The lowest BCUT2D eigenvalue weighted by molar-refractivity contribution is -0.123. The number of hydrogen-bond donors (Lipinski definition) is 3. The van der Waals surface area contributed by atoms with Crippen molar-refractivity contribution in [2.24, 2.45) is 0 Å². The van der Waals surface area contributed by atoms with Gasteiger partial charge in [0.2, 0.25) is 5.91 Å². The number of benzene rings is 2. The molecule has 6 heteroatoms. The summed E-state index contributed by atoms with van der Waals surface area (Å²) in [6.07, 6.45) is 0.625. The molecule has 1 aliphatic rings. The minimum Gasteiger partial charge on any atom is -0.357 e. The molecule has 140 valence electrons. The first kappa shape index (κ1) is 18.4. The van der Waals surface area contributed by atoms with Gasteiger partial charge in [-0.1, -0.05) is 47.5 Å². The lowest BCUT2D eigenvalue weighted by Crippen LogP contribution is -2.51. The molecule has 4 nitrogen and oxygen atoms in total. The Kier molecular flexibility index (Phi) is 4.89. The van der Waals surface area contributed by atoms with Crippen molar-refractivity contribution >= 4 is 40.0 Å². The highest BCUT2D eigenvalue weighted by molar-refractivity contribution is 6.35. The summed E-state index contributed by atoms with van der Waals surface area (Å²) >= 11 is 12.6. The van der Waals surface area contributed by atoms with Gasteiger partial charge in [-0.25, -0.2) is 0 Å². The van der Waals surface area contributed by atoms with Crippen molar-refractivity contribution in [1.82, 2.24) is 15.6 Å². The molecule has 0 fully saturated rings. The molecule has 0 saturated carbocycles. The molecule has 0 aliphatic carbocycles. The van der Waals surface area contributed by atoms with Crippen LogP contribution in [-0.2, 0) is 11.2 Å². The third kappa shape index (κ3) is 3.45. The summed E-state index contributed by atoms with van der Waals surface area (Å²) in [6, 6.07) is 13.2. The summed E-state index contributed by atoms with van der Waals surface area (Å²) < 4.78 is 0. The number of H-pyrrole nitrogens is 1. The zero-order chi connectivity index (χ0) is 19.1. The van der Waals surface area contributed by atoms with Gasteiger partial charge in [-0.3, -0.25) is 10.1 Å². The van der Waals surface area contributed by atoms with E-state index in [1.165, 1.54) is 0 Å². The number of fused-ring (bicyclic) bond motifs is 3. The zero-order valence-electron chi connectivity index (χ0n) is 15.1. The number of aromatic nitrogens is 1. The molecule has 2 atom stereocenters. The summed E-state index contributed by atoms with van der Waals surface area (Å²) in [6.45, 7) is 3.93. The first-order valence-corrected chi connectivity index (χ1v) is 9.80. The first-order chi connectivity index (χ1) is 12.9. The molecule has 4 rings (SSSR count). The Labute approximate surface area is 168 Å². The van der Waals surface area contributed by atoms with Crippen LogP contribution in [0, 0.1) is 0 Å². The van der Waals surface area contributed by atoms with Gasteiger partial charge in [-0.2, -0.15) is 0 Å². The van der Waals surface area contributed by atoms with Gasteiger partial charge in [0.05, 0.1) is 12.1 Å². The molecule has 27 heavy (non-hydrogen) atoms. The third-order valence-electron chi connectivity index (χ3n) is 4.93. The summed E-state index contributed by atoms with van der Waals surface area (Å²) in [7, 11) is 0. The lowest BCUT2D eigenvalue weighted by atomic mass is 9.90. The fourth-order valence-electron chi connectivity index (χ4n) is 3.77. The highest BCUT2D eigenvalue weighted by Crippen LogP contribution is 2.38.